The number of H-pyrrole nitrogens is 1. The molecule has 1 aliphatic rings. The number of fused-ring (bicyclic) bond motifs is 1. The molecule has 1 aromatic heterocycles. The van der Waals surface area contributed by atoms with Crippen LogP contribution in [-0.2, 0) is 0 Å². The van der Waals surface area contributed by atoms with Crippen molar-refractivity contribution < 1.29 is 14.3 Å². The van der Waals surface area contributed by atoms with Gasteiger partial charge < -0.3 is 24.7 Å². The SMILES string of the molecule is COc1ccc(NC(=O)N2CCC(c3nc4ccc(Cl)cc4[nH]3)CC2)cc1OC. The molecule has 0 radical (unpaired) electrons. The van der Waals surface area contributed by atoms with Gasteiger partial charge in [-0.2, -0.15) is 0 Å². The van der Waals surface area contributed by atoms with Crippen LogP contribution in [0.1, 0.15) is 24.6 Å². The molecule has 1 fully saturated rings. The second kappa shape index (κ2) is 8.21. The number of halogens is 1. The fourth-order valence-corrected chi connectivity index (χ4v) is 3.84. The fourth-order valence-electron chi connectivity index (χ4n) is 3.67. The zero-order valence-corrected chi connectivity index (χ0v) is 17.1. The number of nitrogens with zero attached hydrogens (tertiary/aromatic N) is 2. The molecule has 3 aromatic rings. The van der Waals surface area contributed by atoms with Crippen LogP contribution in [-0.4, -0.2) is 48.2 Å². The minimum atomic E-state index is -0.118. The normalized spacial score (nSPS) is 14.8. The summed E-state index contributed by atoms with van der Waals surface area (Å²) in [6.07, 6.45) is 1.71. The van der Waals surface area contributed by atoms with Crippen molar-refractivity contribution in [2.45, 2.75) is 18.8 Å². The Bertz CT molecular complexity index is 1030. The Labute approximate surface area is 174 Å². The van der Waals surface area contributed by atoms with E-state index in [0.717, 1.165) is 29.7 Å². The number of carbonyl (C=O) groups is 1. The molecule has 2 heterocycles. The molecule has 8 heteroatoms. The number of rotatable bonds is 4. The van der Waals surface area contributed by atoms with E-state index in [0.29, 0.717) is 41.2 Å². The topological polar surface area (TPSA) is 79.5 Å². The minimum Gasteiger partial charge on any atom is -0.493 e. The summed E-state index contributed by atoms with van der Waals surface area (Å²) in [5.74, 6) is 2.46. The van der Waals surface area contributed by atoms with Crippen LogP contribution in [0.3, 0.4) is 0 Å². The van der Waals surface area contributed by atoms with Gasteiger partial charge in [0, 0.05) is 35.8 Å². The highest BCUT2D eigenvalue weighted by atomic mass is 35.5. The molecule has 0 unspecified atom stereocenters. The lowest BCUT2D eigenvalue weighted by Gasteiger charge is -2.31. The van der Waals surface area contributed by atoms with Gasteiger partial charge in [0.1, 0.15) is 5.82 Å². The van der Waals surface area contributed by atoms with Crippen molar-refractivity contribution in [3.63, 3.8) is 0 Å². The molecule has 2 aromatic carbocycles. The summed E-state index contributed by atoms with van der Waals surface area (Å²) in [4.78, 5) is 22.5. The lowest BCUT2D eigenvalue weighted by molar-refractivity contribution is 0.193. The molecule has 0 bridgehead atoms. The molecule has 1 aliphatic heterocycles. The Balaban J connectivity index is 1.38. The van der Waals surface area contributed by atoms with Crippen LogP contribution in [0.15, 0.2) is 36.4 Å². The molecular formula is C21H23ClN4O3. The van der Waals surface area contributed by atoms with Crippen molar-refractivity contribution in [1.82, 2.24) is 14.9 Å². The van der Waals surface area contributed by atoms with Crippen LogP contribution in [0.25, 0.3) is 11.0 Å². The second-order valence-corrected chi connectivity index (χ2v) is 7.48. The zero-order valence-electron chi connectivity index (χ0n) is 16.4. The number of imidazole rings is 1. The maximum absolute atomic E-state index is 12.6. The van der Waals surface area contributed by atoms with E-state index in [2.05, 4.69) is 10.3 Å². The molecule has 2 amide bonds. The maximum Gasteiger partial charge on any atom is 0.321 e. The van der Waals surface area contributed by atoms with Crippen LogP contribution in [0, 0.1) is 0 Å². The molecule has 29 heavy (non-hydrogen) atoms. The van der Waals surface area contributed by atoms with Crippen LogP contribution in [0.4, 0.5) is 10.5 Å². The van der Waals surface area contributed by atoms with E-state index in [9.17, 15) is 4.79 Å². The number of hydrogen-bond donors (Lipinski definition) is 2. The first kappa shape index (κ1) is 19.4. The van der Waals surface area contributed by atoms with Crippen LogP contribution in [0.2, 0.25) is 5.02 Å². The number of benzene rings is 2. The zero-order chi connectivity index (χ0) is 20.4. The molecule has 152 valence electrons. The summed E-state index contributed by atoms with van der Waals surface area (Å²) < 4.78 is 10.5. The minimum absolute atomic E-state index is 0.118. The second-order valence-electron chi connectivity index (χ2n) is 7.04. The van der Waals surface area contributed by atoms with Crippen molar-refractivity contribution in [3.8, 4) is 11.5 Å². The van der Waals surface area contributed by atoms with Gasteiger partial charge in [-0.15, -0.1) is 0 Å². The number of methoxy groups -OCH3 is 2. The number of urea groups is 1. The Hall–Kier alpha value is -2.93. The molecular weight excluding hydrogens is 392 g/mol. The highest BCUT2D eigenvalue weighted by Crippen LogP contribution is 2.31. The fraction of sp³-hybridized carbons (Fsp3) is 0.333. The maximum atomic E-state index is 12.6. The number of hydrogen-bond acceptors (Lipinski definition) is 4. The highest BCUT2D eigenvalue weighted by molar-refractivity contribution is 6.31. The number of nitrogens with one attached hydrogen (secondary N) is 2. The molecule has 0 atom stereocenters. The smallest absolute Gasteiger partial charge is 0.321 e. The van der Waals surface area contributed by atoms with Crippen molar-refractivity contribution in [1.29, 1.82) is 0 Å². The summed E-state index contributed by atoms with van der Waals surface area (Å²) >= 11 is 6.06. The van der Waals surface area contributed by atoms with E-state index in [4.69, 9.17) is 26.1 Å². The molecule has 0 aliphatic carbocycles. The number of anilines is 1. The number of amides is 2. The summed E-state index contributed by atoms with van der Waals surface area (Å²) in [6.45, 7) is 1.34. The van der Waals surface area contributed by atoms with E-state index in [-0.39, 0.29) is 6.03 Å². The summed E-state index contributed by atoms with van der Waals surface area (Å²) in [5.41, 5.74) is 2.53. The highest BCUT2D eigenvalue weighted by Gasteiger charge is 2.26. The van der Waals surface area contributed by atoms with Crippen molar-refractivity contribution in [3.05, 3.63) is 47.2 Å². The summed E-state index contributed by atoms with van der Waals surface area (Å²) in [6, 6.07) is 10.9. The predicted molar refractivity (Wildman–Crippen MR) is 113 cm³/mol. The largest absolute Gasteiger partial charge is 0.493 e. The van der Waals surface area contributed by atoms with Gasteiger partial charge in [0.05, 0.1) is 25.3 Å². The van der Waals surface area contributed by atoms with Gasteiger partial charge in [-0.05, 0) is 43.2 Å². The number of piperidine rings is 1. The van der Waals surface area contributed by atoms with Gasteiger partial charge in [-0.1, -0.05) is 11.6 Å². The first-order chi connectivity index (χ1) is 14.1. The molecule has 2 N–H and O–H groups in total. The first-order valence-electron chi connectivity index (χ1n) is 9.50. The van der Waals surface area contributed by atoms with Gasteiger partial charge in [0.15, 0.2) is 11.5 Å². The van der Waals surface area contributed by atoms with Gasteiger partial charge in [0.25, 0.3) is 0 Å². The summed E-state index contributed by atoms with van der Waals surface area (Å²) in [7, 11) is 3.15. The Kier molecular flexibility index (Phi) is 5.49. The molecule has 0 spiro atoms. The molecule has 1 saturated heterocycles. The van der Waals surface area contributed by atoms with Crippen molar-refractivity contribution in [2.24, 2.45) is 0 Å². The average Bonchev–Trinajstić information content (AvgIpc) is 3.17. The van der Waals surface area contributed by atoms with E-state index < -0.39 is 0 Å². The molecule has 0 saturated carbocycles. The average molecular weight is 415 g/mol. The first-order valence-corrected chi connectivity index (χ1v) is 9.88. The lowest BCUT2D eigenvalue weighted by atomic mass is 9.96. The van der Waals surface area contributed by atoms with E-state index >= 15 is 0 Å². The van der Waals surface area contributed by atoms with E-state index in [1.807, 2.05) is 23.1 Å². The third-order valence-electron chi connectivity index (χ3n) is 5.27. The Morgan fingerprint density at radius 1 is 1.14 bits per heavy atom. The monoisotopic (exact) mass is 414 g/mol. The summed E-state index contributed by atoms with van der Waals surface area (Å²) in [5, 5.41) is 3.62. The number of ether oxygens (including phenoxy) is 2. The quantitative estimate of drug-likeness (QED) is 0.651. The number of aromatic amines is 1. The standard InChI is InChI=1S/C21H23ClN4O3/c1-28-18-6-4-15(12-19(18)29-2)23-21(27)26-9-7-13(8-10-26)20-24-16-5-3-14(22)11-17(16)25-20/h3-6,11-13H,7-10H2,1-2H3,(H,23,27)(H,24,25). The van der Waals surface area contributed by atoms with Crippen molar-refractivity contribution in [2.75, 3.05) is 32.6 Å². The number of aromatic nitrogens is 2. The van der Waals surface area contributed by atoms with Crippen molar-refractivity contribution >= 4 is 34.4 Å². The number of likely N-dealkylation sites (tertiary alicyclic amines) is 1. The molecule has 4 rings (SSSR count). The van der Waals surface area contributed by atoms with Gasteiger partial charge in [0.2, 0.25) is 0 Å². The van der Waals surface area contributed by atoms with Crippen LogP contribution < -0.4 is 14.8 Å². The van der Waals surface area contributed by atoms with Gasteiger partial charge in [-0.25, -0.2) is 9.78 Å². The third-order valence-corrected chi connectivity index (χ3v) is 5.50. The van der Waals surface area contributed by atoms with E-state index in [1.54, 1.807) is 32.4 Å². The predicted octanol–water partition coefficient (Wildman–Crippen LogP) is 4.65. The van der Waals surface area contributed by atoms with E-state index in [1.165, 1.54) is 0 Å². The lowest BCUT2D eigenvalue weighted by Crippen LogP contribution is -2.40. The number of carbonyl (C=O) groups excluding carboxylic acids is 1. The Morgan fingerprint density at radius 2 is 1.90 bits per heavy atom. The van der Waals surface area contributed by atoms with Gasteiger partial charge >= 0.3 is 6.03 Å². The third kappa shape index (κ3) is 4.10. The van der Waals surface area contributed by atoms with Gasteiger partial charge in [-0.3, -0.25) is 0 Å². The van der Waals surface area contributed by atoms with Crippen LogP contribution in [0.5, 0.6) is 11.5 Å². The Morgan fingerprint density at radius 3 is 2.62 bits per heavy atom. The van der Waals surface area contributed by atoms with Crippen LogP contribution >= 0.6 is 11.6 Å². The molecule has 7 nitrogen and oxygen atoms in total.